The van der Waals surface area contributed by atoms with Crippen LogP contribution in [0.15, 0.2) is 30.5 Å². The molecule has 1 unspecified atom stereocenters. The number of likely N-dealkylation sites (N-methyl/N-ethyl adjacent to an activating group) is 1. The van der Waals surface area contributed by atoms with Crippen molar-refractivity contribution in [3.05, 3.63) is 41.6 Å². The van der Waals surface area contributed by atoms with E-state index in [0.717, 1.165) is 37.8 Å². The maximum Gasteiger partial charge on any atom is 0.0968 e. The van der Waals surface area contributed by atoms with Gasteiger partial charge in [-0.2, -0.15) is 5.10 Å². The molecule has 2 heterocycles. The van der Waals surface area contributed by atoms with Crippen molar-refractivity contribution in [1.29, 1.82) is 0 Å². The molecule has 1 aromatic heterocycles. The zero-order chi connectivity index (χ0) is 18.8. The van der Waals surface area contributed by atoms with E-state index in [1.54, 1.807) is 0 Å². The predicted molar refractivity (Wildman–Crippen MR) is 112 cm³/mol. The van der Waals surface area contributed by atoms with Gasteiger partial charge in [0.2, 0.25) is 0 Å². The van der Waals surface area contributed by atoms with Crippen LogP contribution >= 0.6 is 0 Å². The molecule has 146 valence electrons. The van der Waals surface area contributed by atoms with E-state index in [0.29, 0.717) is 6.04 Å². The first-order chi connectivity index (χ1) is 13.1. The fourth-order valence-electron chi connectivity index (χ4n) is 4.75. The molecule has 1 saturated carbocycles. The summed E-state index contributed by atoms with van der Waals surface area (Å²) in [5.74, 6) is 0.767. The van der Waals surface area contributed by atoms with Gasteiger partial charge in [-0.15, -0.1) is 0 Å². The summed E-state index contributed by atoms with van der Waals surface area (Å²) in [5.41, 5.74) is 5.27. The molecular formula is C23H34N4. The molecule has 2 aromatic rings. The third kappa shape index (κ3) is 4.27. The minimum absolute atomic E-state index is 0.619. The largest absolute Gasteiger partial charge is 0.301 e. The zero-order valence-electron chi connectivity index (χ0n) is 17.2. The molecule has 1 aliphatic carbocycles. The lowest BCUT2D eigenvalue weighted by molar-refractivity contribution is 0.100. The molecular weight excluding hydrogens is 332 g/mol. The Bertz CT molecular complexity index is 742. The second-order valence-electron chi connectivity index (χ2n) is 8.70. The van der Waals surface area contributed by atoms with Gasteiger partial charge in [0.15, 0.2) is 0 Å². The molecule has 0 radical (unpaired) electrons. The summed E-state index contributed by atoms with van der Waals surface area (Å²) in [6, 6.07) is 9.91. The van der Waals surface area contributed by atoms with E-state index in [1.807, 2.05) is 11.7 Å². The number of aromatic nitrogens is 2. The number of benzene rings is 1. The average molecular weight is 367 g/mol. The summed E-state index contributed by atoms with van der Waals surface area (Å²) >= 11 is 0. The smallest absolute Gasteiger partial charge is 0.0968 e. The Hall–Kier alpha value is -1.65. The Morgan fingerprint density at radius 1 is 1.00 bits per heavy atom. The van der Waals surface area contributed by atoms with Crippen LogP contribution < -0.4 is 0 Å². The minimum atomic E-state index is 0.619. The lowest BCUT2D eigenvalue weighted by atomic mass is 9.84. The van der Waals surface area contributed by atoms with Gasteiger partial charge >= 0.3 is 0 Å². The van der Waals surface area contributed by atoms with Crippen molar-refractivity contribution in [1.82, 2.24) is 19.6 Å². The first kappa shape index (κ1) is 18.7. The Labute approximate surface area is 164 Å². The van der Waals surface area contributed by atoms with E-state index in [2.05, 4.69) is 54.2 Å². The van der Waals surface area contributed by atoms with E-state index in [-0.39, 0.29) is 0 Å². The molecule has 0 spiro atoms. The quantitative estimate of drug-likeness (QED) is 0.807. The van der Waals surface area contributed by atoms with Crippen molar-refractivity contribution in [2.75, 3.05) is 26.7 Å². The van der Waals surface area contributed by atoms with Crippen molar-refractivity contribution in [3.63, 3.8) is 0 Å². The monoisotopic (exact) mass is 366 g/mol. The van der Waals surface area contributed by atoms with Gasteiger partial charge in [0.1, 0.15) is 0 Å². The SMILES string of the molecule is CC1CN(Cc2cn(C)nc2-c2ccc(C3CCCCC3)cc2)CCN1C. The highest BCUT2D eigenvalue weighted by Gasteiger charge is 2.22. The molecule has 2 aliphatic rings. The topological polar surface area (TPSA) is 24.3 Å². The molecule has 1 aromatic carbocycles. The number of hydrogen-bond acceptors (Lipinski definition) is 3. The van der Waals surface area contributed by atoms with E-state index in [1.165, 1.54) is 48.8 Å². The summed E-state index contributed by atoms with van der Waals surface area (Å²) in [5, 5.41) is 4.80. The Balaban J connectivity index is 1.50. The highest BCUT2D eigenvalue weighted by atomic mass is 15.3. The highest BCUT2D eigenvalue weighted by molar-refractivity contribution is 5.63. The van der Waals surface area contributed by atoms with Crippen molar-refractivity contribution in [2.24, 2.45) is 7.05 Å². The molecule has 2 fully saturated rings. The zero-order valence-corrected chi connectivity index (χ0v) is 17.2. The number of nitrogens with zero attached hydrogens (tertiary/aromatic N) is 4. The first-order valence-electron chi connectivity index (χ1n) is 10.7. The molecule has 4 nitrogen and oxygen atoms in total. The van der Waals surface area contributed by atoms with Gasteiger partial charge in [0.05, 0.1) is 5.69 Å². The molecule has 1 atom stereocenters. The fourth-order valence-corrected chi connectivity index (χ4v) is 4.75. The summed E-state index contributed by atoms with van der Waals surface area (Å²) in [4.78, 5) is 5.02. The van der Waals surface area contributed by atoms with Crippen molar-refractivity contribution < 1.29 is 0 Å². The second kappa shape index (κ2) is 8.15. The Morgan fingerprint density at radius 2 is 1.74 bits per heavy atom. The number of hydrogen-bond donors (Lipinski definition) is 0. The number of aryl methyl sites for hydroxylation is 1. The molecule has 0 N–H and O–H groups in total. The lowest BCUT2D eigenvalue weighted by Gasteiger charge is -2.37. The Kier molecular flexibility index (Phi) is 5.65. The van der Waals surface area contributed by atoms with Crippen molar-refractivity contribution >= 4 is 0 Å². The summed E-state index contributed by atoms with van der Waals surface area (Å²) in [6.07, 6.45) is 9.11. The van der Waals surface area contributed by atoms with Gasteiger partial charge in [-0.05, 0) is 38.3 Å². The minimum Gasteiger partial charge on any atom is -0.301 e. The van der Waals surface area contributed by atoms with Crippen molar-refractivity contribution in [2.45, 2.75) is 57.5 Å². The van der Waals surface area contributed by atoms with Gasteiger partial charge < -0.3 is 4.90 Å². The maximum atomic E-state index is 4.80. The standard InChI is InChI=1S/C23H34N4/c1-18-15-27(14-13-25(18)2)17-22-16-26(3)24-23(22)21-11-9-20(10-12-21)19-7-5-4-6-8-19/h9-12,16,18-19H,4-8,13-15,17H2,1-3H3. The van der Waals surface area contributed by atoms with Crippen LogP contribution in [-0.2, 0) is 13.6 Å². The molecule has 4 heteroatoms. The van der Waals surface area contributed by atoms with Crippen LogP contribution in [0.5, 0.6) is 0 Å². The number of rotatable bonds is 4. The van der Waals surface area contributed by atoms with Crippen LogP contribution in [0.1, 0.15) is 56.1 Å². The molecule has 0 bridgehead atoms. The van der Waals surface area contributed by atoms with E-state index >= 15 is 0 Å². The maximum absolute atomic E-state index is 4.80. The van der Waals surface area contributed by atoms with Gasteiger partial charge in [-0.25, -0.2) is 0 Å². The van der Waals surface area contributed by atoms with E-state index in [4.69, 9.17) is 5.10 Å². The summed E-state index contributed by atoms with van der Waals surface area (Å²) in [6.45, 7) is 6.72. The number of piperazine rings is 1. The molecule has 1 aliphatic heterocycles. The third-order valence-electron chi connectivity index (χ3n) is 6.60. The molecule has 0 amide bonds. The highest BCUT2D eigenvalue weighted by Crippen LogP contribution is 2.34. The van der Waals surface area contributed by atoms with E-state index < -0.39 is 0 Å². The van der Waals surface area contributed by atoms with Crippen LogP contribution in [0.3, 0.4) is 0 Å². The predicted octanol–water partition coefficient (Wildman–Crippen LogP) is 4.27. The lowest BCUT2D eigenvalue weighted by Crippen LogP contribution is -2.49. The normalized spacial score (nSPS) is 23.0. The van der Waals surface area contributed by atoms with Crippen LogP contribution in [0.4, 0.5) is 0 Å². The molecule has 27 heavy (non-hydrogen) atoms. The van der Waals surface area contributed by atoms with Gasteiger partial charge in [-0.3, -0.25) is 9.58 Å². The van der Waals surface area contributed by atoms with Crippen LogP contribution in [-0.4, -0.2) is 52.3 Å². The Morgan fingerprint density at radius 3 is 2.44 bits per heavy atom. The molecule has 4 rings (SSSR count). The van der Waals surface area contributed by atoms with Crippen molar-refractivity contribution in [3.8, 4) is 11.3 Å². The summed E-state index contributed by atoms with van der Waals surface area (Å²) < 4.78 is 1.97. The van der Waals surface area contributed by atoms with Gasteiger partial charge in [0, 0.05) is 56.6 Å². The fraction of sp³-hybridized carbons (Fsp3) is 0.609. The first-order valence-corrected chi connectivity index (χ1v) is 10.7. The van der Waals surface area contributed by atoms with Gasteiger partial charge in [0.25, 0.3) is 0 Å². The van der Waals surface area contributed by atoms with Crippen LogP contribution in [0.25, 0.3) is 11.3 Å². The van der Waals surface area contributed by atoms with Gasteiger partial charge in [-0.1, -0.05) is 43.5 Å². The van der Waals surface area contributed by atoms with E-state index in [9.17, 15) is 0 Å². The van der Waals surface area contributed by atoms with Crippen LogP contribution in [0.2, 0.25) is 0 Å². The third-order valence-corrected chi connectivity index (χ3v) is 6.60. The van der Waals surface area contributed by atoms with Crippen LogP contribution in [0, 0.1) is 0 Å². The summed E-state index contributed by atoms with van der Waals surface area (Å²) in [7, 11) is 4.27. The molecule has 1 saturated heterocycles. The second-order valence-corrected chi connectivity index (χ2v) is 8.70. The average Bonchev–Trinajstić information content (AvgIpc) is 3.06.